The Morgan fingerprint density at radius 3 is 2.46 bits per heavy atom. The summed E-state index contributed by atoms with van der Waals surface area (Å²) in [4.78, 5) is 3.70. The fourth-order valence-corrected chi connectivity index (χ4v) is 1.68. The van der Waals surface area contributed by atoms with Gasteiger partial charge in [0.25, 0.3) is 0 Å². The van der Waals surface area contributed by atoms with E-state index in [1.165, 1.54) is 6.07 Å². The third-order valence-corrected chi connectivity index (χ3v) is 2.47. The van der Waals surface area contributed by atoms with E-state index in [4.69, 9.17) is 0 Å². The molecule has 0 aliphatic carbocycles. The van der Waals surface area contributed by atoms with Gasteiger partial charge in [-0.3, -0.25) is 4.98 Å². The van der Waals surface area contributed by atoms with E-state index in [1.54, 1.807) is 22.6 Å². The number of aromatic nitrogens is 1. The molecule has 1 rings (SSSR count). The van der Waals surface area contributed by atoms with Crippen LogP contribution in [-0.4, -0.2) is 4.98 Å². The maximum Gasteiger partial charge on any atom is 0.418 e. The quantitative estimate of drug-likeness (QED) is 0.726. The summed E-state index contributed by atoms with van der Waals surface area (Å²) >= 11 is 1.67. The lowest BCUT2D eigenvalue weighted by Crippen LogP contribution is -2.08. The first kappa shape index (κ1) is 10.7. The van der Waals surface area contributed by atoms with E-state index >= 15 is 0 Å². The lowest BCUT2D eigenvalue weighted by Gasteiger charge is -2.08. The Kier molecular flexibility index (Phi) is 3.15. The van der Waals surface area contributed by atoms with E-state index in [1.807, 2.05) is 6.92 Å². The zero-order valence-corrected chi connectivity index (χ0v) is 8.98. The minimum atomic E-state index is -4.30. The van der Waals surface area contributed by atoms with Crippen molar-refractivity contribution in [2.24, 2.45) is 0 Å². The van der Waals surface area contributed by atoms with Crippen LogP contribution in [0.5, 0.6) is 0 Å². The van der Waals surface area contributed by atoms with Gasteiger partial charge in [-0.25, -0.2) is 0 Å². The first-order chi connectivity index (χ1) is 5.95. The van der Waals surface area contributed by atoms with Gasteiger partial charge in [-0.1, -0.05) is 6.92 Å². The zero-order valence-electron chi connectivity index (χ0n) is 6.82. The number of aryl methyl sites for hydroxylation is 1. The van der Waals surface area contributed by atoms with Crippen LogP contribution in [0.4, 0.5) is 13.2 Å². The summed E-state index contributed by atoms with van der Waals surface area (Å²) in [6, 6.07) is 1.46. The highest BCUT2D eigenvalue weighted by Crippen LogP contribution is 2.32. The summed E-state index contributed by atoms with van der Waals surface area (Å²) < 4.78 is 36.9. The molecule has 1 aromatic heterocycles. The highest BCUT2D eigenvalue weighted by Gasteiger charge is 2.33. The average Bonchev–Trinajstić information content (AvgIpc) is 2.01. The van der Waals surface area contributed by atoms with Crippen molar-refractivity contribution >= 4 is 22.6 Å². The summed E-state index contributed by atoms with van der Waals surface area (Å²) in [5.41, 5.74) is 0.0164. The Morgan fingerprint density at radius 1 is 1.46 bits per heavy atom. The molecule has 1 aromatic rings. The molecule has 0 unspecified atom stereocenters. The smallest absolute Gasteiger partial charge is 0.261 e. The standard InChI is InChI=1S/C8H7F3IN/c1-2-5-3-7(12)6(4-13-5)8(9,10)11/h3-4H,2H2,1H3. The molecule has 0 fully saturated rings. The predicted octanol–water partition coefficient (Wildman–Crippen LogP) is 3.27. The fourth-order valence-electron chi connectivity index (χ4n) is 0.872. The topological polar surface area (TPSA) is 12.9 Å². The van der Waals surface area contributed by atoms with Crippen LogP contribution in [0, 0.1) is 3.57 Å². The first-order valence-electron chi connectivity index (χ1n) is 3.66. The van der Waals surface area contributed by atoms with E-state index in [-0.39, 0.29) is 3.57 Å². The number of hydrogen-bond donors (Lipinski definition) is 0. The minimum Gasteiger partial charge on any atom is -0.261 e. The van der Waals surface area contributed by atoms with Gasteiger partial charge in [0.05, 0.1) is 5.56 Å². The van der Waals surface area contributed by atoms with Gasteiger partial charge in [0.1, 0.15) is 0 Å². The Balaban J connectivity index is 3.13. The molecule has 5 heteroatoms. The van der Waals surface area contributed by atoms with Crippen LogP contribution < -0.4 is 0 Å². The number of nitrogens with zero attached hydrogens (tertiary/aromatic N) is 1. The van der Waals surface area contributed by atoms with Crippen LogP contribution >= 0.6 is 22.6 Å². The molecule has 0 aliphatic rings. The minimum absolute atomic E-state index is 0.206. The molecular formula is C8H7F3IN. The van der Waals surface area contributed by atoms with Crippen molar-refractivity contribution in [2.45, 2.75) is 19.5 Å². The number of halogens is 4. The molecular weight excluding hydrogens is 294 g/mol. The highest BCUT2D eigenvalue weighted by atomic mass is 127. The van der Waals surface area contributed by atoms with Crippen molar-refractivity contribution in [2.75, 3.05) is 0 Å². The SMILES string of the molecule is CCc1cc(I)c(C(F)(F)F)cn1. The second-order valence-electron chi connectivity index (χ2n) is 2.51. The molecule has 0 amide bonds. The van der Waals surface area contributed by atoms with Crippen molar-refractivity contribution in [3.63, 3.8) is 0 Å². The van der Waals surface area contributed by atoms with Crippen LogP contribution in [0.2, 0.25) is 0 Å². The van der Waals surface area contributed by atoms with Crippen LogP contribution in [0.25, 0.3) is 0 Å². The van der Waals surface area contributed by atoms with E-state index in [0.717, 1.165) is 6.20 Å². The van der Waals surface area contributed by atoms with Crippen LogP contribution in [0.3, 0.4) is 0 Å². The number of pyridine rings is 1. The zero-order chi connectivity index (χ0) is 10.1. The molecule has 1 nitrogen and oxygen atoms in total. The molecule has 0 radical (unpaired) electrons. The normalized spacial score (nSPS) is 11.8. The van der Waals surface area contributed by atoms with Crippen LogP contribution in [0.1, 0.15) is 18.2 Å². The molecule has 1 heterocycles. The molecule has 0 aromatic carbocycles. The van der Waals surface area contributed by atoms with Crippen molar-refractivity contribution in [1.29, 1.82) is 0 Å². The maximum atomic E-state index is 12.2. The van der Waals surface area contributed by atoms with Gasteiger partial charge in [0.2, 0.25) is 0 Å². The number of hydrogen-bond acceptors (Lipinski definition) is 1. The largest absolute Gasteiger partial charge is 0.418 e. The Morgan fingerprint density at radius 2 is 2.08 bits per heavy atom. The summed E-state index contributed by atoms with van der Waals surface area (Å²) in [5, 5.41) is 0. The second kappa shape index (κ2) is 3.81. The van der Waals surface area contributed by atoms with Crippen molar-refractivity contribution in [3.05, 3.63) is 27.1 Å². The number of rotatable bonds is 1. The first-order valence-corrected chi connectivity index (χ1v) is 4.74. The third-order valence-electron chi connectivity index (χ3n) is 1.58. The average molecular weight is 301 g/mol. The summed E-state index contributed by atoms with van der Waals surface area (Å²) in [7, 11) is 0. The monoisotopic (exact) mass is 301 g/mol. The maximum absolute atomic E-state index is 12.2. The van der Waals surface area contributed by atoms with Crippen molar-refractivity contribution in [1.82, 2.24) is 4.98 Å². The van der Waals surface area contributed by atoms with Gasteiger partial charge in [-0.2, -0.15) is 13.2 Å². The molecule has 0 spiro atoms. The molecule has 0 bridgehead atoms. The highest BCUT2D eigenvalue weighted by molar-refractivity contribution is 14.1. The van der Waals surface area contributed by atoms with E-state index in [2.05, 4.69) is 4.98 Å². The molecule has 0 aliphatic heterocycles. The van der Waals surface area contributed by atoms with E-state index in [9.17, 15) is 13.2 Å². The Labute approximate surface area is 87.5 Å². The predicted molar refractivity (Wildman–Crippen MR) is 51.3 cm³/mol. The van der Waals surface area contributed by atoms with Gasteiger partial charge in [0.15, 0.2) is 0 Å². The van der Waals surface area contributed by atoms with E-state index in [0.29, 0.717) is 12.1 Å². The van der Waals surface area contributed by atoms with Crippen molar-refractivity contribution in [3.8, 4) is 0 Å². The molecule has 0 saturated carbocycles. The van der Waals surface area contributed by atoms with E-state index < -0.39 is 11.7 Å². The summed E-state index contributed by atoms with van der Waals surface area (Å²) in [5.74, 6) is 0. The Bertz CT molecular complexity index is 309. The molecule has 13 heavy (non-hydrogen) atoms. The lowest BCUT2D eigenvalue weighted by atomic mass is 10.2. The molecule has 0 saturated heterocycles. The third kappa shape index (κ3) is 2.55. The second-order valence-corrected chi connectivity index (χ2v) is 3.67. The van der Waals surface area contributed by atoms with Gasteiger partial charge < -0.3 is 0 Å². The molecule has 72 valence electrons. The lowest BCUT2D eigenvalue weighted by molar-refractivity contribution is -0.138. The van der Waals surface area contributed by atoms with Gasteiger partial charge >= 0.3 is 6.18 Å². The van der Waals surface area contributed by atoms with Crippen LogP contribution in [0.15, 0.2) is 12.3 Å². The summed E-state index contributed by atoms with van der Waals surface area (Å²) in [6.07, 6.45) is -2.76. The Hall–Kier alpha value is -0.330. The van der Waals surface area contributed by atoms with Crippen LogP contribution in [-0.2, 0) is 12.6 Å². The summed E-state index contributed by atoms with van der Waals surface area (Å²) in [6.45, 7) is 1.85. The number of alkyl halides is 3. The molecule has 0 atom stereocenters. The fraction of sp³-hybridized carbons (Fsp3) is 0.375. The van der Waals surface area contributed by atoms with Crippen molar-refractivity contribution < 1.29 is 13.2 Å². The van der Waals surface area contributed by atoms with Gasteiger partial charge in [-0.05, 0) is 35.1 Å². The van der Waals surface area contributed by atoms with Gasteiger partial charge in [-0.15, -0.1) is 0 Å². The van der Waals surface area contributed by atoms with Gasteiger partial charge in [0, 0.05) is 15.5 Å². The molecule has 0 N–H and O–H groups in total.